The average Bonchev–Trinajstić information content (AvgIpc) is 3.08. The van der Waals surface area contributed by atoms with Gasteiger partial charge in [-0.05, 0) is 30.4 Å². The molecule has 0 saturated heterocycles. The van der Waals surface area contributed by atoms with Crippen molar-refractivity contribution in [2.24, 2.45) is 16.0 Å². The number of hydrogen-bond acceptors (Lipinski definition) is 9. The normalized spacial score (nSPS) is 10.9. The number of nitro benzene ring substituents is 2. The molecule has 0 saturated carbocycles. The molecule has 1 heterocycles. The summed E-state index contributed by atoms with van der Waals surface area (Å²) in [6, 6.07) is 9.00. The molecule has 158 valence electrons. The molecule has 0 atom stereocenters. The first kappa shape index (κ1) is 21.3. The molecular formula is C17H13N7O6S. The Kier molecular flexibility index (Phi) is 5.83. The molecule has 13 nitrogen and oxygen atoms in total. The lowest BCUT2D eigenvalue weighted by Gasteiger charge is -2.03. The summed E-state index contributed by atoms with van der Waals surface area (Å²) in [5.74, 6) is 0.191. The Balaban J connectivity index is 2.14. The highest BCUT2D eigenvalue weighted by Crippen LogP contribution is 2.34. The highest BCUT2D eigenvalue weighted by molar-refractivity contribution is 7.80. The second kappa shape index (κ2) is 8.50. The number of aromatic nitrogens is 2. The minimum absolute atomic E-state index is 0.00817. The molecule has 2 aromatic carbocycles. The van der Waals surface area contributed by atoms with Crippen molar-refractivity contribution in [1.82, 2.24) is 9.78 Å². The zero-order chi connectivity index (χ0) is 22.7. The fourth-order valence-electron chi connectivity index (χ4n) is 2.60. The van der Waals surface area contributed by atoms with E-state index in [0.29, 0.717) is 5.56 Å². The minimum atomic E-state index is -0.728. The molecule has 0 spiro atoms. The van der Waals surface area contributed by atoms with E-state index in [1.807, 2.05) is 0 Å². The number of non-ortho nitro benzene ring substituents is 2. The number of ether oxygens (including phenoxy) is 1. The number of benzene rings is 2. The number of nitro groups is 2. The first-order valence-corrected chi connectivity index (χ1v) is 8.77. The fraction of sp³-hybridized carbons (Fsp3) is 0.0588. The van der Waals surface area contributed by atoms with Crippen LogP contribution < -0.4 is 16.0 Å². The highest BCUT2D eigenvalue weighted by atomic mass is 32.1. The first-order valence-electron chi connectivity index (χ1n) is 8.36. The second-order valence-electron chi connectivity index (χ2n) is 5.93. The van der Waals surface area contributed by atoms with E-state index in [1.54, 1.807) is 0 Å². The summed E-state index contributed by atoms with van der Waals surface area (Å²) < 4.78 is 5.97. The van der Waals surface area contributed by atoms with Gasteiger partial charge in [0, 0.05) is 29.8 Å². The summed E-state index contributed by atoms with van der Waals surface area (Å²) in [6.07, 6.45) is 0. The van der Waals surface area contributed by atoms with Crippen molar-refractivity contribution in [2.75, 3.05) is 7.11 Å². The Morgan fingerprint density at radius 2 is 1.71 bits per heavy atom. The van der Waals surface area contributed by atoms with Gasteiger partial charge in [0.15, 0.2) is 10.8 Å². The van der Waals surface area contributed by atoms with Crippen LogP contribution in [-0.4, -0.2) is 31.8 Å². The van der Waals surface area contributed by atoms with E-state index in [-0.39, 0.29) is 39.3 Å². The largest absolute Gasteiger partial charge is 0.494 e. The first-order chi connectivity index (χ1) is 14.7. The van der Waals surface area contributed by atoms with Crippen molar-refractivity contribution in [3.63, 3.8) is 0 Å². The van der Waals surface area contributed by atoms with Gasteiger partial charge in [-0.1, -0.05) is 0 Å². The van der Waals surface area contributed by atoms with Crippen LogP contribution in [0.4, 0.5) is 22.7 Å². The SMILES string of the molecule is COc1ccc([N+](=O)[O-])cc1N=Nc1c(-c2ccc([N+](=O)[O-])cc2)[nH]n(C(N)=S)c1=O. The van der Waals surface area contributed by atoms with Gasteiger partial charge in [0.1, 0.15) is 11.4 Å². The fourth-order valence-corrected chi connectivity index (χ4v) is 2.73. The van der Waals surface area contributed by atoms with Crippen molar-refractivity contribution >= 4 is 40.1 Å². The number of methoxy groups -OCH3 is 1. The summed E-state index contributed by atoms with van der Waals surface area (Å²) in [5.41, 5.74) is 4.73. The predicted octanol–water partition coefficient (Wildman–Crippen LogP) is 3.18. The second-order valence-corrected chi connectivity index (χ2v) is 6.35. The molecule has 31 heavy (non-hydrogen) atoms. The minimum Gasteiger partial charge on any atom is -0.494 e. The molecule has 0 aliphatic heterocycles. The third kappa shape index (κ3) is 4.27. The van der Waals surface area contributed by atoms with Crippen LogP contribution in [0.2, 0.25) is 0 Å². The van der Waals surface area contributed by atoms with E-state index >= 15 is 0 Å². The van der Waals surface area contributed by atoms with Crippen LogP contribution in [0.3, 0.4) is 0 Å². The summed E-state index contributed by atoms with van der Waals surface area (Å²) >= 11 is 4.84. The number of nitrogens with zero attached hydrogens (tertiary/aromatic N) is 5. The summed E-state index contributed by atoms with van der Waals surface area (Å²) in [5, 5.41) is 32.2. The van der Waals surface area contributed by atoms with Gasteiger partial charge in [0.2, 0.25) is 0 Å². The van der Waals surface area contributed by atoms with Crippen LogP contribution in [0, 0.1) is 20.2 Å². The van der Waals surface area contributed by atoms with Crippen molar-refractivity contribution in [3.8, 4) is 17.0 Å². The number of hydrogen-bond donors (Lipinski definition) is 2. The maximum atomic E-state index is 12.7. The molecule has 0 aliphatic rings. The molecular weight excluding hydrogens is 430 g/mol. The smallest absolute Gasteiger partial charge is 0.301 e. The molecule has 14 heteroatoms. The average molecular weight is 443 g/mol. The molecule has 3 aromatic rings. The van der Waals surface area contributed by atoms with E-state index < -0.39 is 15.4 Å². The predicted molar refractivity (Wildman–Crippen MR) is 113 cm³/mol. The highest BCUT2D eigenvalue weighted by Gasteiger charge is 2.19. The molecule has 3 rings (SSSR count). The number of H-pyrrole nitrogens is 1. The number of aromatic amines is 1. The Bertz CT molecular complexity index is 1280. The van der Waals surface area contributed by atoms with Gasteiger partial charge >= 0.3 is 5.56 Å². The van der Waals surface area contributed by atoms with E-state index in [0.717, 1.165) is 10.7 Å². The van der Waals surface area contributed by atoms with Crippen LogP contribution in [0.5, 0.6) is 5.75 Å². The number of rotatable bonds is 6. The third-order valence-electron chi connectivity index (χ3n) is 4.08. The van der Waals surface area contributed by atoms with Crippen molar-refractivity contribution in [2.45, 2.75) is 0 Å². The Labute approximate surface area is 178 Å². The van der Waals surface area contributed by atoms with Gasteiger partial charge in [0.05, 0.1) is 22.7 Å². The zero-order valence-electron chi connectivity index (χ0n) is 15.7. The van der Waals surface area contributed by atoms with Gasteiger partial charge in [0.25, 0.3) is 11.4 Å². The van der Waals surface area contributed by atoms with Crippen LogP contribution in [0.25, 0.3) is 11.3 Å². The maximum absolute atomic E-state index is 12.7. The molecule has 0 bridgehead atoms. The molecule has 0 fully saturated rings. The van der Waals surface area contributed by atoms with E-state index in [2.05, 4.69) is 15.3 Å². The summed E-state index contributed by atoms with van der Waals surface area (Å²) in [4.78, 5) is 33.4. The topological polar surface area (TPSA) is 184 Å². The van der Waals surface area contributed by atoms with Crippen LogP contribution in [0.1, 0.15) is 0 Å². The van der Waals surface area contributed by atoms with Gasteiger partial charge < -0.3 is 10.5 Å². The Morgan fingerprint density at radius 1 is 1.10 bits per heavy atom. The van der Waals surface area contributed by atoms with Gasteiger partial charge in [-0.25, -0.2) is 0 Å². The van der Waals surface area contributed by atoms with Crippen molar-refractivity contribution < 1.29 is 14.6 Å². The zero-order valence-corrected chi connectivity index (χ0v) is 16.5. The van der Waals surface area contributed by atoms with Crippen LogP contribution in [-0.2, 0) is 0 Å². The van der Waals surface area contributed by atoms with E-state index in [1.165, 1.54) is 43.5 Å². The molecule has 3 N–H and O–H groups in total. The Hall–Kier alpha value is -4.46. The third-order valence-corrected chi connectivity index (χ3v) is 4.27. The maximum Gasteiger partial charge on any atom is 0.301 e. The Morgan fingerprint density at radius 3 is 2.26 bits per heavy atom. The van der Waals surface area contributed by atoms with Gasteiger partial charge in [-0.3, -0.25) is 30.1 Å². The van der Waals surface area contributed by atoms with E-state index in [4.69, 9.17) is 22.7 Å². The van der Waals surface area contributed by atoms with Crippen molar-refractivity contribution in [1.29, 1.82) is 0 Å². The lowest BCUT2D eigenvalue weighted by molar-refractivity contribution is -0.385. The standard InChI is InChI=1S/C17H13N7O6S/c1-30-13-7-6-11(24(28)29)8-12(13)19-20-15-14(21-22(16(15)25)17(18)31)9-2-4-10(5-3-9)23(26)27/h2-8,21H,1H3,(H2,18,31). The van der Waals surface area contributed by atoms with Gasteiger partial charge in [-0.15, -0.1) is 10.2 Å². The molecule has 0 radical (unpaired) electrons. The number of thiocarbonyl (C=S) groups is 1. The summed E-state index contributed by atoms with van der Waals surface area (Å²) in [6.45, 7) is 0. The van der Waals surface area contributed by atoms with Crippen LogP contribution in [0.15, 0.2) is 57.5 Å². The lowest BCUT2D eigenvalue weighted by atomic mass is 10.1. The number of azo groups is 1. The number of nitrogens with one attached hydrogen (secondary N) is 1. The molecule has 0 amide bonds. The van der Waals surface area contributed by atoms with E-state index in [9.17, 15) is 25.0 Å². The quantitative estimate of drug-likeness (QED) is 0.252. The molecule has 0 unspecified atom stereocenters. The number of nitrogens with two attached hydrogens (primary N) is 1. The monoisotopic (exact) mass is 443 g/mol. The van der Waals surface area contributed by atoms with Crippen molar-refractivity contribution in [3.05, 3.63) is 73.0 Å². The van der Waals surface area contributed by atoms with Crippen LogP contribution >= 0.6 is 12.2 Å². The lowest BCUT2D eigenvalue weighted by Crippen LogP contribution is -2.29. The molecule has 0 aliphatic carbocycles. The summed E-state index contributed by atoms with van der Waals surface area (Å²) in [7, 11) is 1.35. The van der Waals surface area contributed by atoms with Gasteiger partial charge in [-0.2, -0.15) is 4.68 Å². The molecule has 1 aromatic heterocycles.